The molecule has 0 bridgehead atoms. The number of aryl methyl sites for hydroxylation is 1. The average Bonchev–Trinajstić information content (AvgIpc) is 3.41. The average molecular weight is 433 g/mol. The molecule has 1 aromatic carbocycles. The molecule has 0 spiro atoms. The van der Waals surface area contributed by atoms with E-state index in [1.54, 1.807) is 11.3 Å². The first-order valence-corrected chi connectivity index (χ1v) is 11.6. The fourth-order valence-corrected chi connectivity index (χ4v) is 4.76. The molecule has 0 saturated heterocycles. The second kappa shape index (κ2) is 6.92. The van der Waals surface area contributed by atoms with Gasteiger partial charge in [-0.25, -0.2) is 9.97 Å². The maximum Gasteiger partial charge on any atom is 0.237 e. The van der Waals surface area contributed by atoms with E-state index in [2.05, 4.69) is 59.8 Å². The first kappa shape index (κ1) is 20.3. The minimum Gasteiger partial charge on any atom is -0.440 e. The van der Waals surface area contributed by atoms with E-state index in [4.69, 9.17) is 18.8 Å². The zero-order valence-corrected chi connectivity index (χ0v) is 19.8. The normalized spacial score (nSPS) is 14.7. The lowest BCUT2D eigenvalue weighted by molar-refractivity contribution is 0.462. The van der Waals surface area contributed by atoms with Gasteiger partial charge in [-0.3, -0.25) is 0 Å². The Bertz CT molecular complexity index is 1310. The Morgan fingerprint density at radius 1 is 0.806 bits per heavy atom. The highest BCUT2D eigenvalue weighted by atomic mass is 32.1. The van der Waals surface area contributed by atoms with Crippen LogP contribution in [-0.2, 0) is 11.8 Å². The Morgan fingerprint density at radius 3 is 2.19 bits per heavy atom. The number of thiophene rings is 1. The zero-order valence-electron chi connectivity index (χ0n) is 19.0. The molecule has 0 radical (unpaired) electrons. The van der Waals surface area contributed by atoms with Crippen LogP contribution in [0.15, 0.2) is 44.7 Å². The molecular formula is C26H28N2O2S. The maximum absolute atomic E-state index is 6.12. The van der Waals surface area contributed by atoms with Crippen LogP contribution in [0, 0.1) is 5.41 Å². The molecule has 5 heteroatoms. The first-order valence-electron chi connectivity index (χ1n) is 10.8. The minimum absolute atomic E-state index is 0.0782. The summed E-state index contributed by atoms with van der Waals surface area (Å²) in [6, 6.07) is 10.3. The lowest BCUT2D eigenvalue weighted by Gasteiger charge is -2.24. The Labute approximate surface area is 187 Å². The fraction of sp³-hybridized carbons (Fsp3) is 0.385. The van der Waals surface area contributed by atoms with Gasteiger partial charge in [0.1, 0.15) is 17.0 Å². The highest BCUT2D eigenvalue weighted by Gasteiger charge is 2.25. The van der Waals surface area contributed by atoms with Crippen LogP contribution in [0.2, 0.25) is 0 Å². The standard InChI is InChI=1S/C26H28N2O2S/c1-25(2,3)15-7-9-19-17(13-15)27-23(29-19)21-11-12-22(31-21)24-28-18-14-16(26(4,5)6)8-10-20(18)30-24/h7,9,11-14H,8,10H2,1-6H3. The molecule has 3 aromatic heterocycles. The minimum atomic E-state index is 0.0782. The number of allylic oxidation sites excluding steroid dienone is 1. The third-order valence-electron chi connectivity index (χ3n) is 5.90. The molecule has 3 heterocycles. The summed E-state index contributed by atoms with van der Waals surface area (Å²) in [5.74, 6) is 2.30. The topological polar surface area (TPSA) is 52.1 Å². The van der Waals surface area contributed by atoms with Crippen molar-refractivity contribution in [3.8, 4) is 21.5 Å². The van der Waals surface area contributed by atoms with E-state index in [-0.39, 0.29) is 10.8 Å². The van der Waals surface area contributed by atoms with Crippen molar-refractivity contribution in [1.82, 2.24) is 9.97 Å². The largest absolute Gasteiger partial charge is 0.440 e. The molecule has 1 aliphatic carbocycles. The molecule has 1 aliphatic rings. The number of aromatic nitrogens is 2. The van der Waals surface area contributed by atoms with Gasteiger partial charge < -0.3 is 8.83 Å². The molecular weight excluding hydrogens is 404 g/mol. The summed E-state index contributed by atoms with van der Waals surface area (Å²) in [6.07, 6.45) is 4.14. The predicted molar refractivity (Wildman–Crippen MR) is 127 cm³/mol. The van der Waals surface area contributed by atoms with E-state index >= 15 is 0 Å². The summed E-state index contributed by atoms with van der Waals surface area (Å²) in [5, 5.41) is 0. The highest BCUT2D eigenvalue weighted by Crippen LogP contribution is 2.39. The van der Waals surface area contributed by atoms with E-state index < -0.39 is 0 Å². The molecule has 0 atom stereocenters. The van der Waals surface area contributed by atoms with Gasteiger partial charge in [-0.2, -0.15) is 0 Å². The Kier molecular flexibility index (Phi) is 4.52. The zero-order chi connectivity index (χ0) is 22.0. The van der Waals surface area contributed by atoms with Crippen molar-refractivity contribution in [2.75, 3.05) is 0 Å². The van der Waals surface area contributed by atoms with Crippen LogP contribution < -0.4 is 0 Å². The summed E-state index contributed by atoms with van der Waals surface area (Å²) in [6.45, 7) is 13.4. The molecule has 4 aromatic rings. The third-order valence-corrected chi connectivity index (χ3v) is 6.97. The van der Waals surface area contributed by atoms with Crippen LogP contribution in [0.5, 0.6) is 0 Å². The number of oxazole rings is 2. The molecule has 160 valence electrons. The van der Waals surface area contributed by atoms with Crippen LogP contribution in [-0.4, -0.2) is 9.97 Å². The number of hydrogen-bond donors (Lipinski definition) is 0. The van der Waals surface area contributed by atoms with Crippen molar-refractivity contribution in [3.05, 3.63) is 52.9 Å². The monoisotopic (exact) mass is 432 g/mol. The van der Waals surface area contributed by atoms with E-state index in [0.29, 0.717) is 11.8 Å². The number of benzene rings is 1. The number of rotatable bonds is 2. The molecule has 0 amide bonds. The van der Waals surface area contributed by atoms with Gasteiger partial charge in [-0.1, -0.05) is 53.2 Å². The van der Waals surface area contributed by atoms with Crippen LogP contribution >= 0.6 is 11.3 Å². The number of nitrogens with zero attached hydrogens (tertiary/aromatic N) is 2. The van der Waals surface area contributed by atoms with Crippen molar-refractivity contribution in [2.24, 2.45) is 5.41 Å². The Morgan fingerprint density at radius 2 is 1.52 bits per heavy atom. The Hall–Kier alpha value is -2.66. The van der Waals surface area contributed by atoms with Crippen molar-refractivity contribution < 1.29 is 8.83 Å². The number of fused-ring (bicyclic) bond motifs is 2. The van der Waals surface area contributed by atoms with E-state index in [0.717, 1.165) is 45.1 Å². The smallest absolute Gasteiger partial charge is 0.237 e. The quantitative estimate of drug-likeness (QED) is 0.323. The second-order valence-corrected chi connectivity index (χ2v) is 11.4. The van der Waals surface area contributed by atoms with E-state index in [1.165, 1.54) is 11.1 Å². The van der Waals surface area contributed by atoms with Crippen LogP contribution in [0.3, 0.4) is 0 Å². The summed E-state index contributed by atoms with van der Waals surface area (Å²) in [5.41, 5.74) is 5.58. The van der Waals surface area contributed by atoms with Gasteiger partial charge in [0.2, 0.25) is 11.8 Å². The molecule has 0 aliphatic heterocycles. The van der Waals surface area contributed by atoms with Crippen molar-refractivity contribution >= 4 is 28.5 Å². The molecule has 31 heavy (non-hydrogen) atoms. The molecule has 5 rings (SSSR count). The van der Waals surface area contributed by atoms with Gasteiger partial charge in [-0.05, 0) is 53.2 Å². The van der Waals surface area contributed by atoms with E-state index in [9.17, 15) is 0 Å². The predicted octanol–water partition coefficient (Wildman–Crippen LogP) is 7.88. The van der Waals surface area contributed by atoms with Gasteiger partial charge in [0, 0.05) is 6.42 Å². The van der Waals surface area contributed by atoms with Crippen LogP contribution in [0.1, 0.15) is 65.0 Å². The van der Waals surface area contributed by atoms with Crippen molar-refractivity contribution in [1.29, 1.82) is 0 Å². The van der Waals surface area contributed by atoms with Crippen LogP contribution in [0.25, 0.3) is 38.7 Å². The van der Waals surface area contributed by atoms with Crippen molar-refractivity contribution in [3.63, 3.8) is 0 Å². The molecule has 0 N–H and O–H groups in total. The maximum atomic E-state index is 6.12. The van der Waals surface area contributed by atoms with Gasteiger partial charge in [-0.15, -0.1) is 11.3 Å². The Balaban J connectivity index is 1.46. The third kappa shape index (κ3) is 3.76. The molecule has 0 fully saturated rings. The van der Waals surface area contributed by atoms with Crippen molar-refractivity contribution in [2.45, 2.75) is 59.8 Å². The van der Waals surface area contributed by atoms with Gasteiger partial charge in [0.15, 0.2) is 5.58 Å². The first-order chi connectivity index (χ1) is 14.6. The summed E-state index contributed by atoms with van der Waals surface area (Å²) in [4.78, 5) is 11.5. The lowest BCUT2D eigenvalue weighted by atomic mass is 9.81. The second-order valence-electron chi connectivity index (χ2n) is 10.4. The fourth-order valence-electron chi connectivity index (χ4n) is 3.90. The van der Waals surface area contributed by atoms with Gasteiger partial charge in [0.25, 0.3) is 0 Å². The van der Waals surface area contributed by atoms with Crippen LogP contribution in [0.4, 0.5) is 0 Å². The number of hydrogen-bond acceptors (Lipinski definition) is 5. The molecule has 4 nitrogen and oxygen atoms in total. The summed E-state index contributed by atoms with van der Waals surface area (Å²) < 4.78 is 12.2. The SMILES string of the molecule is CC(C)(C)C1=Cc2nc(-c3ccc(-c4nc5cc(C(C)(C)C)ccc5o4)s3)oc2CC1. The lowest BCUT2D eigenvalue weighted by Crippen LogP contribution is -2.12. The summed E-state index contributed by atoms with van der Waals surface area (Å²) in [7, 11) is 0. The molecule has 0 unspecified atom stereocenters. The van der Waals surface area contributed by atoms with E-state index in [1.807, 2.05) is 18.2 Å². The molecule has 0 saturated carbocycles. The van der Waals surface area contributed by atoms with Gasteiger partial charge in [0.05, 0.1) is 9.75 Å². The van der Waals surface area contributed by atoms with Gasteiger partial charge >= 0.3 is 0 Å². The highest BCUT2D eigenvalue weighted by molar-refractivity contribution is 7.18. The summed E-state index contributed by atoms with van der Waals surface area (Å²) >= 11 is 1.60.